The summed E-state index contributed by atoms with van der Waals surface area (Å²) in [7, 11) is 0. The van der Waals surface area contributed by atoms with Crippen molar-refractivity contribution in [3.8, 4) is 5.75 Å². The Morgan fingerprint density at radius 1 is 1.27 bits per heavy atom. The highest BCUT2D eigenvalue weighted by molar-refractivity contribution is 5.92. The molecule has 6 heteroatoms. The Bertz CT molecular complexity index is 415. The molecule has 0 spiro atoms. The summed E-state index contributed by atoms with van der Waals surface area (Å²) in [6.45, 7) is 0. The van der Waals surface area contributed by atoms with E-state index >= 15 is 0 Å². The van der Waals surface area contributed by atoms with Crippen LogP contribution < -0.4 is 5.73 Å². The largest absolute Gasteiger partial charge is 0.507 e. The van der Waals surface area contributed by atoms with Gasteiger partial charge in [-0.25, -0.2) is 4.79 Å². The minimum absolute atomic E-state index is 0.123. The maximum atomic E-state index is 10.6. The first-order valence-corrected chi connectivity index (χ1v) is 3.98. The van der Waals surface area contributed by atoms with Crippen LogP contribution in [0.15, 0.2) is 18.2 Å². The summed E-state index contributed by atoms with van der Waals surface area (Å²) >= 11 is 0. The Kier molecular flexibility index (Phi) is 2.91. The smallest absolute Gasteiger partial charge is 0.339 e. The van der Waals surface area contributed by atoms with Crippen molar-refractivity contribution in [1.29, 1.82) is 0 Å². The van der Waals surface area contributed by atoms with E-state index in [4.69, 9.17) is 15.9 Å². The fourth-order valence-electron chi connectivity index (χ4n) is 1.12. The van der Waals surface area contributed by atoms with Gasteiger partial charge in [0, 0.05) is 5.56 Å². The summed E-state index contributed by atoms with van der Waals surface area (Å²) in [6.07, 6.45) is 0. The van der Waals surface area contributed by atoms with Crippen molar-refractivity contribution in [2.75, 3.05) is 0 Å². The molecule has 80 valence electrons. The molecule has 5 N–H and O–H groups in total. The molecule has 1 atom stereocenters. The predicted molar refractivity (Wildman–Crippen MR) is 49.6 cm³/mol. The summed E-state index contributed by atoms with van der Waals surface area (Å²) in [5.74, 6) is -3.29. The second kappa shape index (κ2) is 3.97. The summed E-state index contributed by atoms with van der Waals surface area (Å²) < 4.78 is 0. The molecule has 0 saturated heterocycles. The quantitative estimate of drug-likeness (QED) is 0.565. The Labute approximate surface area is 84.6 Å². The van der Waals surface area contributed by atoms with Gasteiger partial charge in [-0.05, 0) is 6.07 Å². The van der Waals surface area contributed by atoms with E-state index in [1.54, 1.807) is 0 Å². The molecule has 0 aromatic heterocycles. The van der Waals surface area contributed by atoms with Gasteiger partial charge in [0.1, 0.15) is 17.4 Å². The molecule has 0 radical (unpaired) electrons. The van der Waals surface area contributed by atoms with Crippen LogP contribution in [0.4, 0.5) is 0 Å². The number of para-hydroxylation sites is 1. The predicted octanol–water partition coefficient (Wildman–Crippen LogP) is 0.175. The van der Waals surface area contributed by atoms with Gasteiger partial charge in [0.2, 0.25) is 0 Å². The van der Waals surface area contributed by atoms with Gasteiger partial charge in [-0.15, -0.1) is 0 Å². The third kappa shape index (κ3) is 2.05. The molecule has 0 saturated carbocycles. The average Bonchev–Trinajstić information content (AvgIpc) is 2.16. The first-order chi connectivity index (χ1) is 6.95. The molecule has 0 fully saturated rings. The van der Waals surface area contributed by atoms with Crippen molar-refractivity contribution in [1.82, 2.24) is 0 Å². The minimum atomic E-state index is -1.44. The summed E-state index contributed by atoms with van der Waals surface area (Å²) in [4.78, 5) is 21.2. The molecule has 0 aliphatic carbocycles. The van der Waals surface area contributed by atoms with Crippen molar-refractivity contribution in [2.24, 2.45) is 5.73 Å². The normalized spacial score (nSPS) is 12.1. The van der Waals surface area contributed by atoms with Crippen molar-refractivity contribution in [3.63, 3.8) is 0 Å². The SMILES string of the molecule is N[C@@H](C(=O)O)c1cccc(C(=O)O)c1O. The number of aromatic carboxylic acids is 1. The third-order valence-corrected chi connectivity index (χ3v) is 1.90. The molecule has 1 rings (SSSR count). The summed E-state index contributed by atoms with van der Waals surface area (Å²) in [6, 6.07) is 2.31. The molecule has 0 unspecified atom stereocenters. The lowest BCUT2D eigenvalue weighted by Gasteiger charge is -2.10. The standard InChI is InChI=1S/C9H9NO5/c10-6(9(14)15)4-2-1-3-5(7(4)11)8(12)13/h1-3,6,11H,10H2,(H,12,13)(H,14,15)/t6-/m1/s1. The fourth-order valence-corrected chi connectivity index (χ4v) is 1.12. The van der Waals surface area contributed by atoms with Gasteiger partial charge in [0.05, 0.1) is 0 Å². The van der Waals surface area contributed by atoms with E-state index in [0.717, 1.165) is 6.07 Å². The van der Waals surface area contributed by atoms with E-state index in [0.29, 0.717) is 0 Å². The lowest BCUT2D eigenvalue weighted by molar-refractivity contribution is -0.138. The molecule has 0 bridgehead atoms. The molecule has 0 heterocycles. The van der Waals surface area contributed by atoms with E-state index in [-0.39, 0.29) is 11.1 Å². The van der Waals surface area contributed by atoms with Crippen molar-refractivity contribution in [3.05, 3.63) is 29.3 Å². The Morgan fingerprint density at radius 2 is 1.87 bits per heavy atom. The van der Waals surface area contributed by atoms with Gasteiger partial charge in [-0.3, -0.25) is 4.79 Å². The first-order valence-electron chi connectivity index (χ1n) is 3.98. The summed E-state index contributed by atoms with van der Waals surface area (Å²) in [5, 5.41) is 26.7. The van der Waals surface area contributed by atoms with Gasteiger partial charge in [-0.2, -0.15) is 0 Å². The van der Waals surface area contributed by atoms with Gasteiger partial charge in [-0.1, -0.05) is 12.1 Å². The Morgan fingerprint density at radius 3 is 2.33 bits per heavy atom. The minimum Gasteiger partial charge on any atom is -0.507 e. The molecule has 0 amide bonds. The number of carboxylic acids is 2. The molecule has 1 aromatic carbocycles. The monoisotopic (exact) mass is 211 g/mol. The number of benzene rings is 1. The van der Waals surface area contributed by atoms with E-state index in [1.807, 2.05) is 0 Å². The number of carbonyl (C=O) groups is 2. The summed E-state index contributed by atoms with van der Waals surface area (Å²) in [5.41, 5.74) is 4.76. The van der Waals surface area contributed by atoms with E-state index in [1.165, 1.54) is 12.1 Å². The van der Waals surface area contributed by atoms with Crippen LogP contribution in [0.5, 0.6) is 5.75 Å². The zero-order valence-corrected chi connectivity index (χ0v) is 7.54. The highest BCUT2D eigenvalue weighted by Gasteiger charge is 2.21. The number of rotatable bonds is 3. The molecule has 15 heavy (non-hydrogen) atoms. The van der Waals surface area contributed by atoms with Crippen LogP contribution in [-0.4, -0.2) is 27.3 Å². The van der Waals surface area contributed by atoms with E-state index in [2.05, 4.69) is 0 Å². The van der Waals surface area contributed by atoms with Crippen LogP contribution in [-0.2, 0) is 4.79 Å². The van der Waals surface area contributed by atoms with Crippen molar-refractivity contribution >= 4 is 11.9 Å². The van der Waals surface area contributed by atoms with E-state index in [9.17, 15) is 14.7 Å². The van der Waals surface area contributed by atoms with Crippen molar-refractivity contribution < 1.29 is 24.9 Å². The number of aliphatic carboxylic acids is 1. The van der Waals surface area contributed by atoms with Crippen LogP contribution in [0.3, 0.4) is 0 Å². The Hall–Kier alpha value is -2.08. The van der Waals surface area contributed by atoms with Crippen LogP contribution in [0, 0.1) is 0 Å². The second-order valence-corrected chi connectivity index (χ2v) is 2.86. The molecule has 1 aromatic rings. The van der Waals surface area contributed by atoms with Gasteiger partial charge < -0.3 is 21.1 Å². The average molecular weight is 211 g/mol. The lowest BCUT2D eigenvalue weighted by atomic mass is 10.0. The van der Waals surface area contributed by atoms with Crippen LogP contribution in [0.25, 0.3) is 0 Å². The zero-order valence-electron chi connectivity index (χ0n) is 7.54. The third-order valence-electron chi connectivity index (χ3n) is 1.90. The fraction of sp³-hybridized carbons (Fsp3) is 0.111. The number of phenols is 1. The highest BCUT2D eigenvalue weighted by atomic mass is 16.4. The topological polar surface area (TPSA) is 121 Å². The molecule has 0 aliphatic rings. The van der Waals surface area contributed by atoms with Crippen molar-refractivity contribution in [2.45, 2.75) is 6.04 Å². The van der Waals surface area contributed by atoms with Crippen LogP contribution in [0.2, 0.25) is 0 Å². The second-order valence-electron chi connectivity index (χ2n) is 2.86. The highest BCUT2D eigenvalue weighted by Crippen LogP contribution is 2.26. The maximum absolute atomic E-state index is 10.6. The number of hydrogen-bond donors (Lipinski definition) is 4. The molecular formula is C9H9NO5. The first kappa shape index (κ1) is 11.0. The van der Waals surface area contributed by atoms with Gasteiger partial charge in [0.25, 0.3) is 0 Å². The zero-order chi connectivity index (χ0) is 11.6. The number of aromatic hydroxyl groups is 1. The lowest BCUT2D eigenvalue weighted by Crippen LogP contribution is -2.21. The van der Waals surface area contributed by atoms with Crippen LogP contribution in [0.1, 0.15) is 22.0 Å². The van der Waals surface area contributed by atoms with Crippen LogP contribution >= 0.6 is 0 Å². The van der Waals surface area contributed by atoms with Gasteiger partial charge >= 0.3 is 11.9 Å². The van der Waals surface area contributed by atoms with Gasteiger partial charge in [0.15, 0.2) is 0 Å². The van der Waals surface area contributed by atoms with E-state index < -0.39 is 23.7 Å². The molecular weight excluding hydrogens is 202 g/mol. The number of nitrogens with two attached hydrogens (primary N) is 1. The molecule has 6 nitrogen and oxygen atoms in total. The molecule has 0 aliphatic heterocycles. The Balaban J connectivity index is 3.26. The maximum Gasteiger partial charge on any atom is 0.339 e. The number of carboxylic acid groups (broad SMARTS) is 2. The number of hydrogen-bond acceptors (Lipinski definition) is 4.